The summed E-state index contributed by atoms with van der Waals surface area (Å²) in [6, 6.07) is 4.29. The molecule has 3 heterocycles. The molecular formula is C18H20N6O. The van der Waals surface area contributed by atoms with E-state index in [1.54, 1.807) is 12.5 Å². The minimum absolute atomic E-state index is 0.0406. The number of rotatable bonds is 5. The fraction of sp³-hybridized carbons (Fsp3) is 0.444. The van der Waals surface area contributed by atoms with E-state index < -0.39 is 0 Å². The fourth-order valence-corrected chi connectivity index (χ4v) is 3.94. The predicted octanol–water partition coefficient (Wildman–Crippen LogP) is 2.68. The van der Waals surface area contributed by atoms with Gasteiger partial charge in [0.1, 0.15) is 12.0 Å². The second-order valence-corrected chi connectivity index (χ2v) is 6.72. The Morgan fingerprint density at radius 3 is 3.12 bits per heavy atom. The fourth-order valence-electron chi connectivity index (χ4n) is 3.94. The summed E-state index contributed by atoms with van der Waals surface area (Å²) in [6.45, 7) is 0.229. The van der Waals surface area contributed by atoms with Crippen molar-refractivity contribution >= 4 is 11.0 Å². The van der Waals surface area contributed by atoms with Crippen LogP contribution in [0.3, 0.4) is 0 Å². The highest BCUT2D eigenvalue weighted by Crippen LogP contribution is 2.39. The first-order chi connectivity index (χ1) is 12.3. The Kier molecular flexibility index (Phi) is 4.20. The Labute approximate surface area is 145 Å². The maximum Gasteiger partial charge on any atom is 0.141 e. The van der Waals surface area contributed by atoms with E-state index >= 15 is 0 Å². The SMILES string of the molecule is N#CCC(C1CCC(CO)C1)n1cc(-c2ncnc3[nH]ccc23)cn1. The molecule has 1 fully saturated rings. The van der Waals surface area contributed by atoms with Gasteiger partial charge in [-0.2, -0.15) is 10.4 Å². The summed E-state index contributed by atoms with van der Waals surface area (Å²) in [5, 5.41) is 24.1. The molecule has 0 aromatic carbocycles. The van der Waals surface area contributed by atoms with Gasteiger partial charge in [0, 0.05) is 30.0 Å². The number of nitrogens with one attached hydrogen (secondary N) is 1. The maximum absolute atomic E-state index is 9.39. The highest BCUT2D eigenvalue weighted by atomic mass is 16.3. The molecule has 0 amide bonds. The van der Waals surface area contributed by atoms with Crippen LogP contribution in [0, 0.1) is 23.2 Å². The molecule has 25 heavy (non-hydrogen) atoms. The Morgan fingerprint density at radius 2 is 2.32 bits per heavy atom. The lowest BCUT2D eigenvalue weighted by molar-refractivity contribution is 0.218. The Balaban J connectivity index is 1.65. The van der Waals surface area contributed by atoms with Crippen LogP contribution in [0.15, 0.2) is 31.0 Å². The summed E-state index contributed by atoms with van der Waals surface area (Å²) in [7, 11) is 0. The quantitative estimate of drug-likeness (QED) is 0.745. The van der Waals surface area contributed by atoms with E-state index in [1.165, 1.54) is 0 Å². The molecule has 0 aliphatic heterocycles. The van der Waals surface area contributed by atoms with E-state index in [0.717, 1.165) is 41.6 Å². The molecule has 128 valence electrons. The normalized spacial score (nSPS) is 21.4. The number of aliphatic hydroxyl groups is 1. The van der Waals surface area contributed by atoms with E-state index in [4.69, 9.17) is 0 Å². The molecule has 3 aromatic heterocycles. The van der Waals surface area contributed by atoms with Crippen molar-refractivity contribution < 1.29 is 5.11 Å². The van der Waals surface area contributed by atoms with Crippen molar-refractivity contribution in [2.75, 3.05) is 6.61 Å². The summed E-state index contributed by atoms with van der Waals surface area (Å²) in [4.78, 5) is 11.7. The Morgan fingerprint density at radius 1 is 1.40 bits per heavy atom. The molecule has 2 N–H and O–H groups in total. The molecule has 1 aliphatic carbocycles. The molecule has 3 unspecified atom stereocenters. The van der Waals surface area contributed by atoms with Gasteiger partial charge < -0.3 is 10.1 Å². The van der Waals surface area contributed by atoms with Crippen molar-refractivity contribution in [1.29, 1.82) is 5.26 Å². The number of hydrogen-bond acceptors (Lipinski definition) is 5. The van der Waals surface area contributed by atoms with E-state index in [0.29, 0.717) is 18.3 Å². The van der Waals surface area contributed by atoms with Gasteiger partial charge in [-0.15, -0.1) is 0 Å². The summed E-state index contributed by atoms with van der Waals surface area (Å²) >= 11 is 0. The molecule has 0 radical (unpaired) electrons. The van der Waals surface area contributed by atoms with Crippen molar-refractivity contribution in [1.82, 2.24) is 24.7 Å². The van der Waals surface area contributed by atoms with Crippen LogP contribution >= 0.6 is 0 Å². The number of nitriles is 1. The summed E-state index contributed by atoms with van der Waals surface area (Å²) in [6.07, 6.45) is 10.6. The average molecular weight is 336 g/mol. The summed E-state index contributed by atoms with van der Waals surface area (Å²) < 4.78 is 1.91. The minimum atomic E-state index is 0.0406. The molecule has 1 aliphatic rings. The van der Waals surface area contributed by atoms with Gasteiger partial charge in [0.15, 0.2) is 0 Å². The van der Waals surface area contributed by atoms with Gasteiger partial charge in [-0.05, 0) is 37.2 Å². The van der Waals surface area contributed by atoms with Gasteiger partial charge in [-0.1, -0.05) is 0 Å². The first-order valence-electron chi connectivity index (χ1n) is 8.60. The molecule has 4 rings (SSSR count). The van der Waals surface area contributed by atoms with Gasteiger partial charge in [0.2, 0.25) is 0 Å². The molecule has 1 saturated carbocycles. The van der Waals surface area contributed by atoms with Crippen LogP contribution in [0.4, 0.5) is 0 Å². The number of fused-ring (bicyclic) bond motifs is 1. The van der Waals surface area contributed by atoms with Gasteiger partial charge in [-0.3, -0.25) is 4.68 Å². The van der Waals surface area contributed by atoms with Gasteiger partial charge in [0.25, 0.3) is 0 Å². The van der Waals surface area contributed by atoms with E-state index in [1.807, 2.05) is 23.1 Å². The highest BCUT2D eigenvalue weighted by Gasteiger charge is 2.32. The van der Waals surface area contributed by atoms with Crippen molar-refractivity contribution in [2.45, 2.75) is 31.7 Å². The van der Waals surface area contributed by atoms with Gasteiger partial charge >= 0.3 is 0 Å². The molecule has 3 aromatic rings. The van der Waals surface area contributed by atoms with Crippen molar-refractivity contribution in [3.8, 4) is 17.3 Å². The van der Waals surface area contributed by atoms with Gasteiger partial charge in [0.05, 0.1) is 30.4 Å². The highest BCUT2D eigenvalue weighted by molar-refractivity contribution is 5.89. The van der Waals surface area contributed by atoms with Crippen molar-refractivity contribution in [2.24, 2.45) is 11.8 Å². The number of aromatic amines is 1. The first kappa shape index (κ1) is 15.8. The molecular weight excluding hydrogens is 316 g/mol. The topological polar surface area (TPSA) is 103 Å². The van der Waals surface area contributed by atoms with Crippen molar-refractivity contribution in [3.63, 3.8) is 0 Å². The molecule has 7 nitrogen and oxygen atoms in total. The second-order valence-electron chi connectivity index (χ2n) is 6.72. The molecule has 3 atom stereocenters. The third-order valence-electron chi connectivity index (χ3n) is 5.25. The Bertz CT molecular complexity index is 908. The average Bonchev–Trinajstić information content (AvgIpc) is 3.39. The smallest absolute Gasteiger partial charge is 0.141 e. The molecule has 0 bridgehead atoms. The zero-order valence-electron chi connectivity index (χ0n) is 13.8. The summed E-state index contributed by atoms with van der Waals surface area (Å²) in [5.41, 5.74) is 2.56. The molecule has 7 heteroatoms. The van der Waals surface area contributed by atoms with E-state index in [9.17, 15) is 10.4 Å². The van der Waals surface area contributed by atoms with Crippen LogP contribution in [0.1, 0.15) is 31.7 Å². The third-order valence-corrected chi connectivity index (χ3v) is 5.25. The van der Waals surface area contributed by atoms with Crippen LogP contribution in [0.5, 0.6) is 0 Å². The number of H-pyrrole nitrogens is 1. The zero-order valence-corrected chi connectivity index (χ0v) is 13.8. The lowest BCUT2D eigenvalue weighted by atomic mass is 9.94. The van der Waals surface area contributed by atoms with Crippen LogP contribution in [-0.4, -0.2) is 36.4 Å². The standard InChI is InChI=1S/C18H20N6O/c19-5-3-16(13-2-1-12(7-13)10-25)24-9-14(8-23-24)17-15-4-6-20-18(15)22-11-21-17/h4,6,8-9,11-13,16,25H,1-3,7,10H2,(H,20,21,22). The lowest BCUT2D eigenvalue weighted by Gasteiger charge is -2.21. The maximum atomic E-state index is 9.39. The van der Waals surface area contributed by atoms with Gasteiger partial charge in [-0.25, -0.2) is 9.97 Å². The van der Waals surface area contributed by atoms with E-state index in [-0.39, 0.29) is 12.6 Å². The zero-order chi connectivity index (χ0) is 17.2. The first-order valence-corrected chi connectivity index (χ1v) is 8.60. The van der Waals surface area contributed by atoms with Crippen LogP contribution in [0.2, 0.25) is 0 Å². The number of hydrogen-bond donors (Lipinski definition) is 2. The lowest BCUT2D eigenvalue weighted by Crippen LogP contribution is -2.18. The van der Waals surface area contributed by atoms with Crippen molar-refractivity contribution in [3.05, 3.63) is 31.0 Å². The number of aliphatic hydroxyl groups excluding tert-OH is 1. The van der Waals surface area contributed by atoms with Crippen LogP contribution in [0.25, 0.3) is 22.3 Å². The minimum Gasteiger partial charge on any atom is -0.396 e. The largest absolute Gasteiger partial charge is 0.396 e. The summed E-state index contributed by atoms with van der Waals surface area (Å²) in [5.74, 6) is 0.727. The van der Waals surface area contributed by atoms with Crippen LogP contribution in [-0.2, 0) is 0 Å². The molecule has 0 saturated heterocycles. The monoisotopic (exact) mass is 336 g/mol. The second kappa shape index (κ2) is 6.65. The van der Waals surface area contributed by atoms with Crippen LogP contribution < -0.4 is 0 Å². The number of aromatic nitrogens is 5. The van der Waals surface area contributed by atoms with E-state index in [2.05, 4.69) is 26.1 Å². The number of nitrogens with zero attached hydrogens (tertiary/aromatic N) is 5. The predicted molar refractivity (Wildman–Crippen MR) is 92.3 cm³/mol. The Hall–Kier alpha value is -2.72. The third kappa shape index (κ3) is 2.89. The molecule has 0 spiro atoms.